The van der Waals surface area contributed by atoms with E-state index < -0.39 is 17.5 Å². The Morgan fingerprint density at radius 3 is 2.76 bits per heavy atom. The van der Waals surface area contributed by atoms with Crippen LogP contribution in [0.2, 0.25) is 0 Å². The van der Waals surface area contributed by atoms with Gasteiger partial charge in [0.1, 0.15) is 5.58 Å². The second kappa shape index (κ2) is 4.94. The predicted molar refractivity (Wildman–Crippen MR) is 77.0 cm³/mol. The van der Waals surface area contributed by atoms with Crippen LogP contribution in [0.25, 0.3) is 11.0 Å². The summed E-state index contributed by atoms with van der Waals surface area (Å²) >= 11 is 0. The van der Waals surface area contributed by atoms with Gasteiger partial charge in [-0.25, -0.2) is 4.39 Å². The summed E-state index contributed by atoms with van der Waals surface area (Å²) in [5, 5.41) is 12.5. The minimum atomic E-state index is -0.798. The number of rotatable bonds is 2. The lowest BCUT2D eigenvalue weighted by Gasteiger charge is -2.03. The summed E-state index contributed by atoms with van der Waals surface area (Å²) in [4.78, 5) is 12.1. The first kappa shape index (κ1) is 13.2. The van der Waals surface area contributed by atoms with Crippen LogP contribution in [0.15, 0.2) is 46.9 Å². The minimum absolute atomic E-state index is 0.143. The molecule has 1 amide bonds. The molecule has 0 radical (unpaired) electrons. The number of hydrogen-bond donors (Lipinski definition) is 2. The van der Waals surface area contributed by atoms with Crippen molar-refractivity contribution in [1.82, 2.24) is 0 Å². The van der Waals surface area contributed by atoms with Crippen molar-refractivity contribution in [2.45, 2.75) is 6.92 Å². The zero-order valence-corrected chi connectivity index (χ0v) is 11.2. The number of furan rings is 1. The van der Waals surface area contributed by atoms with E-state index in [1.54, 1.807) is 12.1 Å². The fourth-order valence-electron chi connectivity index (χ4n) is 2.05. The lowest BCUT2D eigenvalue weighted by Crippen LogP contribution is -2.10. The summed E-state index contributed by atoms with van der Waals surface area (Å²) < 4.78 is 18.7. The number of hydrogen-bond acceptors (Lipinski definition) is 3. The zero-order valence-electron chi connectivity index (χ0n) is 11.2. The van der Waals surface area contributed by atoms with Crippen molar-refractivity contribution < 1.29 is 18.7 Å². The molecule has 0 bridgehead atoms. The molecule has 5 heteroatoms. The van der Waals surface area contributed by atoms with Crippen molar-refractivity contribution in [3.05, 3.63) is 59.6 Å². The van der Waals surface area contributed by atoms with E-state index in [4.69, 9.17) is 9.52 Å². The molecule has 0 atom stereocenters. The summed E-state index contributed by atoms with van der Waals surface area (Å²) in [5.41, 5.74) is 1.92. The summed E-state index contributed by atoms with van der Waals surface area (Å²) in [5.74, 6) is -1.60. The van der Waals surface area contributed by atoms with Gasteiger partial charge < -0.3 is 14.8 Å². The number of anilines is 1. The summed E-state index contributed by atoms with van der Waals surface area (Å²) in [6.45, 7) is 1.95. The van der Waals surface area contributed by atoms with Crippen molar-refractivity contribution in [1.29, 1.82) is 0 Å². The fraction of sp³-hybridized carbons (Fsp3) is 0.0625. The second-order valence-corrected chi connectivity index (χ2v) is 4.77. The quantitative estimate of drug-likeness (QED) is 0.703. The maximum atomic E-state index is 13.2. The molecule has 1 aromatic heterocycles. The van der Waals surface area contributed by atoms with Crippen molar-refractivity contribution in [3.63, 3.8) is 0 Å². The number of carbonyl (C=O) groups is 1. The molecule has 21 heavy (non-hydrogen) atoms. The molecule has 0 aliphatic carbocycles. The molecule has 0 saturated carbocycles. The topological polar surface area (TPSA) is 62.5 Å². The van der Waals surface area contributed by atoms with Crippen LogP contribution < -0.4 is 5.32 Å². The number of amides is 1. The van der Waals surface area contributed by atoms with Crippen molar-refractivity contribution in [3.8, 4) is 5.75 Å². The Morgan fingerprint density at radius 1 is 1.19 bits per heavy atom. The SMILES string of the molecule is Cc1ccc2oc(C(=O)Nc3ccc(O)c(F)c3)cc2c1. The average Bonchev–Trinajstić information content (AvgIpc) is 2.86. The lowest BCUT2D eigenvalue weighted by atomic mass is 10.2. The molecule has 1 heterocycles. The molecule has 0 saturated heterocycles. The van der Waals surface area contributed by atoms with E-state index in [1.165, 1.54) is 12.1 Å². The number of nitrogens with one attached hydrogen (secondary N) is 1. The van der Waals surface area contributed by atoms with Crippen LogP contribution in [0.5, 0.6) is 5.75 Å². The number of carbonyl (C=O) groups excluding carboxylic acids is 1. The third kappa shape index (κ3) is 2.58. The van der Waals surface area contributed by atoms with Crippen LogP contribution in [0.1, 0.15) is 16.1 Å². The molecule has 0 aliphatic heterocycles. The molecule has 2 N–H and O–H groups in total. The highest BCUT2D eigenvalue weighted by atomic mass is 19.1. The third-order valence-corrected chi connectivity index (χ3v) is 3.10. The van der Waals surface area contributed by atoms with Crippen LogP contribution in [0.4, 0.5) is 10.1 Å². The number of aromatic hydroxyl groups is 1. The predicted octanol–water partition coefficient (Wildman–Crippen LogP) is 3.84. The van der Waals surface area contributed by atoms with Crippen LogP contribution in [-0.4, -0.2) is 11.0 Å². The Labute approximate surface area is 119 Å². The maximum Gasteiger partial charge on any atom is 0.291 e. The van der Waals surface area contributed by atoms with Gasteiger partial charge in [-0.3, -0.25) is 4.79 Å². The summed E-state index contributed by atoms with van der Waals surface area (Å²) in [7, 11) is 0. The minimum Gasteiger partial charge on any atom is -0.505 e. The lowest BCUT2D eigenvalue weighted by molar-refractivity contribution is 0.0998. The van der Waals surface area contributed by atoms with Gasteiger partial charge in [0.15, 0.2) is 17.3 Å². The Morgan fingerprint density at radius 2 is 2.00 bits per heavy atom. The van der Waals surface area contributed by atoms with E-state index >= 15 is 0 Å². The van der Waals surface area contributed by atoms with Crippen molar-refractivity contribution in [2.75, 3.05) is 5.32 Å². The molecule has 4 nitrogen and oxygen atoms in total. The van der Waals surface area contributed by atoms with E-state index in [1.807, 2.05) is 19.1 Å². The van der Waals surface area contributed by atoms with Crippen molar-refractivity contribution in [2.24, 2.45) is 0 Å². The van der Waals surface area contributed by atoms with Gasteiger partial charge in [0, 0.05) is 17.1 Å². The average molecular weight is 285 g/mol. The Hall–Kier alpha value is -2.82. The fourth-order valence-corrected chi connectivity index (χ4v) is 2.05. The number of benzene rings is 2. The van der Waals surface area contributed by atoms with Gasteiger partial charge >= 0.3 is 0 Å². The number of fused-ring (bicyclic) bond motifs is 1. The monoisotopic (exact) mass is 285 g/mol. The van der Waals surface area contributed by atoms with E-state index in [2.05, 4.69) is 5.32 Å². The first-order valence-corrected chi connectivity index (χ1v) is 6.33. The Kier molecular flexibility index (Phi) is 3.10. The van der Waals surface area contributed by atoms with E-state index in [9.17, 15) is 9.18 Å². The number of halogens is 1. The normalized spacial score (nSPS) is 10.8. The maximum absolute atomic E-state index is 13.2. The molecular weight excluding hydrogens is 273 g/mol. The van der Waals surface area contributed by atoms with Crippen LogP contribution >= 0.6 is 0 Å². The highest BCUT2D eigenvalue weighted by molar-refractivity contribution is 6.04. The Bertz CT molecular complexity index is 839. The first-order valence-electron chi connectivity index (χ1n) is 6.33. The zero-order chi connectivity index (χ0) is 15.0. The molecule has 0 fully saturated rings. The number of phenols is 1. The smallest absolute Gasteiger partial charge is 0.291 e. The molecular formula is C16H12FNO3. The highest BCUT2D eigenvalue weighted by Gasteiger charge is 2.13. The van der Waals surface area contributed by atoms with Gasteiger partial charge in [-0.2, -0.15) is 0 Å². The van der Waals surface area contributed by atoms with Crippen LogP contribution in [-0.2, 0) is 0 Å². The van der Waals surface area contributed by atoms with Gasteiger partial charge in [0.2, 0.25) is 0 Å². The largest absolute Gasteiger partial charge is 0.505 e. The third-order valence-electron chi connectivity index (χ3n) is 3.10. The molecule has 2 aromatic carbocycles. The Balaban J connectivity index is 1.87. The van der Waals surface area contributed by atoms with Crippen LogP contribution in [0, 0.1) is 12.7 Å². The van der Waals surface area contributed by atoms with Gasteiger partial charge in [-0.15, -0.1) is 0 Å². The number of aryl methyl sites for hydroxylation is 1. The summed E-state index contributed by atoms with van der Waals surface area (Å²) in [6, 6.07) is 10.9. The molecule has 106 valence electrons. The van der Waals surface area contributed by atoms with Crippen molar-refractivity contribution >= 4 is 22.6 Å². The van der Waals surface area contributed by atoms with E-state index in [-0.39, 0.29) is 11.4 Å². The van der Waals surface area contributed by atoms with Crippen LogP contribution in [0.3, 0.4) is 0 Å². The molecule has 0 aliphatic rings. The highest BCUT2D eigenvalue weighted by Crippen LogP contribution is 2.23. The molecule has 0 unspecified atom stereocenters. The molecule has 0 spiro atoms. The van der Waals surface area contributed by atoms with Gasteiger partial charge in [-0.1, -0.05) is 11.6 Å². The van der Waals surface area contributed by atoms with Gasteiger partial charge in [0.05, 0.1) is 0 Å². The number of phenolic OH excluding ortho intramolecular Hbond substituents is 1. The molecule has 3 rings (SSSR count). The molecule has 3 aromatic rings. The van der Waals surface area contributed by atoms with E-state index in [0.717, 1.165) is 17.0 Å². The standard InChI is InChI=1S/C16H12FNO3/c1-9-2-5-14-10(6-9)7-15(21-14)16(20)18-11-3-4-13(19)12(17)8-11/h2-8,19H,1H3,(H,18,20). The van der Waals surface area contributed by atoms with E-state index in [0.29, 0.717) is 5.58 Å². The first-order chi connectivity index (χ1) is 10.0. The second-order valence-electron chi connectivity index (χ2n) is 4.77. The van der Waals surface area contributed by atoms with Gasteiger partial charge in [-0.05, 0) is 37.3 Å². The van der Waals surface area contributed by atoms with Gasteiger partial charge in [0.25, 0.3) is 5.91 Å². The summed E-state index contributed by atoms with van der Waals surface area (Å²) in [6.07, 6.45) is 0.